The average Bonchev–Trinajstić information content (AvgIpc) is 3.23. The molecule has 0 aromatic heterocycles. The van der Waals surface area contributed by atoms with Gasteiger partial charge in [-0.05, 0) is 51.4 Å². The fourth-order valence-corrected chi connectivity index (χ4v) is 7.50. The van der Waals surface area contributed by atoms with Crippen LogP contribution in [0, 0.1) is 0 Å². The van der Waals surface area contributed by atoms with Crippen LogP contribution < -0.4 is 0 Å². The van der Waals surface area contributed by atoms with Gasteiger partial charge in [-0.3, -0.25) is 9.59 Å². The van der Waals surface area contributed by atoms with Crippen LogP contribution in [-0.4, -0.2) is 80.6 Å². The minimum absolute atomic E-state index is 0.0457. The highest BCUT2D eigenvalue weighted by Gasteiger charge is 2.31. The Morgan fingerprint density at radius 3 is 1.31 bits per heavy atom. The topological polar surface area (TPSA) is 99.1 Å². The van der Waals surface area contributed by atoms with Gasteiger partial charge in [-0.25, -0.2) is 4.79 Å². The average molecular weight is 873 g/mol. The number of nitrogens with zero attached hydrogens (tertiary/aromatic N) is 1. The smallest absolute Gasteiger partial charge is 0.362 e. The van der Waals surface area contributed by atoms with Crippen molar-refractivity contribution >= 4 is 17.9 Å². The number of rotatable bonds is 46. The summed E-state index contributed by atoms with van der Waals surface area (Å²) in [5, 5.41) is 9.65. The van der Waals surface area contributed by atoms with Crippen LogP contribution in [0.3, 0.4) is 0 Å². The largest absolute Gasteiger partial charge is 0.477 e. The number of carbonyl (C=O) groups is 3. The van der Waals surface area contributed by atoms with E-state index in [-0.39, 0.29) is 42.7 Å². The normalized spacial score (nSPS) is 13.2. The minimum atomic E-state index is -0.880. The zero-order valence-electron chi connectivity index (χ0n) is 41.1. The molecule has 0 bridgehead atoms. The van der Waals surface area contributed by atoms with E-state index >= 15 is 0 Å². The first-order valence-corrected chi connectivity index (χ1v) is 25.7. The van der Waals surface area contributed by atoms with Gasteiger partial charge in [0.05, 0.1) is 34.4 Å². The van der Waals surface area contributed by atoms with Gasteiger partial charge >= 0.3 is 17.9 Å². The monoisotopic (exact) mass is 873 g/mol. The number of carboxylic acids is 1. The zero-order chi connectivity index (χ0) is 45.6. The number of quaternary nitrogens is 1. The minimum Gasteiger partial charge on any atom is -0.477 e. The number of carboxylic acid groups (broad SMARTS) is 1. The SMILES string of the molecule is CCCCC/C=C/C/C=C/C/C=C/C/C=C/CCCC(=O)OCC(COCCC(C(=O)O)[N+](C)(C)C)OC(=O)CCCCCCCCCCCCCCCCCCCCCCC. The number of unbranched alkanes of at least 4 members (excludes halogenated alkanes) is 24. The molecule has 0 aromatic rings. The molecule has 0 aliphatic rings. The molecule has 8 heteroatoms. The van der Waals surface area contributed by atoms with Crippen molar-refractivity contribution in [3.05, 3.63) is 48.6 Å². The third-order valence-electron chi connectivity index (χ3n) is 11.5. The summed E-state index contributed by atoms with van der Waals surface area (Å²) in [6.07, 6.45) is 54.6. The van der Waals surface area contributed by atoms with Crippen LogP contribution in [0.5, 0.6) is 0 Å². The molecule has 0 rings (SSSR count). The van der Waals surface area contributed by atoms with Gasteiger partial charge in [0.2, 0.25) is 0 Å². The molecule has 2 unspecified atom stereocenters. The number of ether oxygens (including phenoxy) is 3. The molecule has 0 spiro atoms. The lowest BCUT2D eigenvalue weighted by atomic mass is 10.0. The molecule has 0 radical (unpaired) electrons. The van der Waals surface area contributed by atoms with Crippen LogP contribution in [0.4, 0.5) is 0 Å². The molecule has 2 atom stereocenters. The van der Waals surface area contributed by atoms with Gasteiger partial charge in [-0.1, -0.05) is 204 Å². The second kappa shape index (κ2) is 44.9. The maximum Gasteiger partial charge on any atom is 0.362 e. The molecule has 0 fully saturated rings. The van der Waals surface area contributed by atoms with Crippen molar-refractivity contribution < 1.29 is 38.2 Å². The first-order chi connectivity index (χ1) is 30.1. The van der Waals surface area contributed by atoms with Gasteiger partial charge in [0.15, 0.2) is 12.1 Å². The Morgan fingerprint density at radius 1 is 0.484 bits per heavy atom. The second-order valence-corrected chi connectivity index (χ2v) is 18.4. The molecule has 0 amide bonds. The van der Waals surface area contributed by atoms with E-state index in [2.05, 4.69) is 62.5 Å². The summed E-state index contributed by atoms with van der Waals surface area (Å²) in [5.74, 6) is -1.53. The molecule has 0 aliphatic carbocycles. The van der Waals surface area contributed by atoms with Gasteiger partial charge in [0.1, 0.15) is 6.61 Å². The first-order valence-electron chi connectivity index (χ1n) is 25.7. The highest BCUT2D eigenvalue weighted by atomic mass is 16.6. The Morgan fingerprint density at radius 2 is 0.871 bits per heavy atom. The van der Waals surface area contributed by atoms with E-state index in [1.807, 2.05) is 21.1 Å². The number of allylic oxidation sites excluding steroid dienone is 8. The molecule has 360 valence electrons. The molecule has 0 saturated heterocycles. The number of hydrogen-bond donors (Lipinski definition) is 1. The van der Waals surface area contributed by atoms with E-state index in [9.17, 15) is 19.5 Å². The summed E-state index contributed by atoms with van der Waals surface area (Å²) in [4.78, 5) is 37.1. The van der Waals surface area contributed by atoms with Crippen molar-refractivity contribution in [2.24, 2.45) is 0 Å². The highest BCUT2D eigenvalue weighted by Crippen LogP contribution is 2.16. The van der Waals surface area contributed by atoms with E-state index in [1.54, 1.807) is 0 Å². The summed E-state index contributed by atoms with van der Waals surface area (Å²) >= 11 is 0. The predicted octanol–water partition coefficient (Wildman–Crippen LogP) is 14.8. The van der Waals surface area contributed by atoms with Gasteiger partial charge in [0.25, 0.3) is 0 Å². The molecule has 1 N–H and O–H groups in total. The fourth-order valence-electron chi connectivity index (χ4n) is 7.50. The van der Waals surface area contributed by atoms with E-state index in [1.165, 1.54) is 141 Å². The summed E-state index contributed by atoms with van der Waals surface area (Å²) in [6.45, 7) is 4.68. The first kappa shape index (κ1) is 59.3. The van der Waals surface area contributed by atoms with Crippen molar-refractivity contribution in [2.45, 2.75) is 238 Å². The number of esters is 2. The summed E-state index contributed by atoms with van der Waals surface area (Å²) in [6, 6.07) is -0.623. The maximum absolute atomic E-state index is 12.8. The van der Waals surface area contributed by atoms with Crippen molar-refractivity contribution in [2.75, 3.05) is 41.0 Å². The lowest BCUT2D eigenvalue weighted by Gasteiger charge is -2.31. The molecule has 0 aliphatic heterocycles. The van der Waals surface area contributed by atoms with Gasteiger partial charge in [-0.2, -0.15) is 0 Å². The molecule has 8 nitrogen and oxygen atoms in total. The summed E-state index contributed by atoms with van der Waals surface area (Å²) in [5.41, 5.74) is 0. The predicted molar refractivity (Wildman–Crippen MR) is 261 cm³/mol. The third-order valence-corrected chi connectivity index (χ3v) is 11.5. The Kier molecular flexibility index (Phi) is 42.9. The Hall–Kier alpha value is -2.71. The fraction of sp³-hybridized carbons (Fsp3) is 0.796. The zero-order valence-corrected chi connectivity index (χ0v) is 41.1. The lowest BCUT2D eigenvalue weighted by molar-refractivity contribution is -0.887. The molecular weight excluding hydrogens is 775 g/mol. The molecule has 0 heterocycles. The van der Waals surface area contributed by atoms with E-state index in [0.717, 1.165) is 44.9 Å². The van der Waals surface area contributed by atoms with Crippen molar-refractivity contribution in [1.29, 1.82) is 0 Å². The summed E-state index contributed by atoms with van der Waals surface area (Å²) in [7, 11) is 5.52. The third kappa shape index (κ3) is 42.6. The quantitative estimate of drug-likeness (QED) is 0.0281. The molecule has 0 saturated carbocycles. The Bertz CT molecular complexity index is 1150. The standard InChI is InChI=1S/C54H97NO7/c1-6-8-10-12-14-16-18-20-22-24-25-26-27-29-31-33-35-37-39-41-43-45-53(57)62-50(48-60-47-46-51(54(58)59)55(3,4)5)49-61-52(56)44-42-40-38-36-34-32-30-28-23-21-19-17-15-13-11-9-7-2/h15,17,21,23,30,32,36,38,50-51H,6-14,16,18-20,22,24-29,31,33-35,37,39-49H2,1-5H3/p+1/b17-15+,23-21+,32-30+,38-36+. The molecular formula is C54H98NO7+. The Labute approximate surface area is 382 Å². The maximum atomic E-state index is 12.8. The number of aliphatic carboxylic acids is 1. The van der Waals surface area contributed by atoms with E-state index in [4.69, 9.17) is 14.2 Å². The Balaban J connectivity index is 4.29. The van der Waals surface area contributed by atoms with Gasteiger partial charge in [-0.15, -0.1) is 0 Å². The second-order valence-electron chi connectivity index (χ2n) is 18.4. The van der Waals surface area contributed by atoms with Crippen LogP contribution >= 0.6 is 0 Å². The van der Waals surface area contributed by atoms with Crippen LogP contribution in [0.1, 0.15) is 226 Å². The van der Waals surface area contributed by atoms with E-state index in [0.29, 0.717) is 19.3 Å². The van der Waals surface area contributed by atoms with Crippen LogP contribution in [0.25, 0.3) is 0 Å². The van der Waals surface area contributed by atoms with Crippen LogP contribution in [0.15, 0.2) is 48.6 Å². The van der Waals surface area contributed by atoms with Crippen molar-refractivity contribution in [3.63, 3.8) is 0 Å². The summed E-state index contributed by atoms with van der Waals surface area (Å²) < 4.78 is 17.3. The van der Waals surface area contributed by atoms with Crippen molar-refractivity contribution in [1.82, 2.24) is 0 Å². The number of carbonyl (C=O) groups excluding carboxylic acids is 2. The number of likely N-dealkylation sites (N-methyl/N-ethyl adjacent to an activating group) is 1. The van der Waals surface area contributed by atoms with Crippen LogP contribution in [0.2, 0.25) is 0 Å². The number of hydrogen-bond acceptors (Lipinski definition) is 6. The highest BCUT2D eigenvalue weighted by molar-refractivity contribution is 5.72. The molecule has 0 aromatic carbocycles. The van der Waals surface area contributed by atoms with E-state index < -0.39 is 18.1 Å². The van der Waals surface area contributed by atoms with Crippen LogP contribution in [-0.2, 0) is 28.6 Å². The molecule has 62 heavy (non-hydrogen) atoms. The van der Waals surface area contributed by atoms with Gasteiger partial charge in [0, 0.05) is 19.3 Å². The van der Waals surface area contributed by atoms with Gasteiger partial charge < -0.3 is 23.8 Å². The lowest BCUT2D eigenvalue weighted by Crippen LogP contribution is -2.50. The van der Waals surface area contributed by atoms with Crippen molar-refractivity contribution in [3.8, 4) is 0 Å².